The summed E-state index contributed by atoms with van der Waals surface area (Å²) in [5.74, 6) is 0.931. The van der Waals surface area contributed by atoms with Crippen LogP contribution in [0.1, 0.15) is 16.7 Å². The molecule has 0 amide bonds. The molecule has 1 nitrogen and oxygen atoms in total. The number of methoxy groups -OCH3 is 1. The summed E-state index contributed by atoms with van der Waals surface area (Å²) in [5, 5.41) is 0. The molecule has 0 aliphatic heterocycles. The average Bonchev–Trinajstić information content (AvgIpc) is 2.34. The van der Waals surface area contributed by atoms with Crippen LogP contribution in [0, 0.1) is 27.9 Å². The van der Waals surface area contributed by atoms with Gasteiger partial charge in [0.2, 0.25) is 0 Å². The Bertz CT molecular complexity index is 521. The van der Waals surface area contributed by atoms with Crippen LogP contribution in [0.3, 0.4) is 0 Å². The van der Waals surface area contributed by atoms with Crippen molar-refractivity contribution in [1.29, 1.82) is 0 Å². The van der Waals surface area contributed by atoms with Crippen LogP contribution in [-0.4, -0.2) is 7.11 Å². The zero-order valence-electron chi connectivity index (χ0n) is 11.3. The monoisotopic (exact) mass is 353 g/mol. The van der Waals surface area contributed by atoms with Gasteiger partial charge in [-0.2, -0.15) is 0 Å². The zero-order valence-corrected chi connectivity index (χ0v) is 13.4. The van der Waals surface area contributed by atoms with Crippen LogP contribution in [0.4, 0.5) is 0 Å². The number of halogens is 1. The van der Waals surface area contributed by atoms with Gasteiger partial charge in [0.1, 0.15) is 0 Å². The van der Waals surface area contributed by atoms with E-state index in [1.165, 1.54) is 20.3 Å². The Hall–Kier alpha value is -1.03. The number of hydrogen-bond donors (Lipinski definition) is 0. The van der Waals surface area contributed by atoms with Gasteiger partial charge in [0.25, 0.3) is 0 Å². The molecule has 2 rings (SSSR count). The molecule has 0 N–H and O–H groups in total. The molecular weight excluding hydrogens is 335 g/mol. The van der Waals surface area contributed by atoms with Crippen molar-refractivity contribution in [2.24, 2.45) is 0 Å². The van der Waals surface area contributed by atoms with E-state index in [0.29, 0.717) is 0 Å². The first kappa shape index (κ1) is 13.4. The van der Waals surface area contributed by atoms with Crippen LogP contribution < -0.4 is 25.9 Å². The van der Waals surface area contributed by atoms with E-state index in [4.69, 9.17) is 4.74 Å². The molecular formula is C16H18IO-. The Kier molecular flexibility index (Phi) is 4.27. The fourth-order valence-electron chi connectivity index (χ4n) is 2.05. The molecule has 96 valence electrons. The van der Waals surface area contributed by atoms with Crippen molar-refractivity contribution in [2.45, 2.75) is 20.8 Å². The first-order valence-electron chi connectivity index (χ1n) is 5.97. The zero-order chi connectivity index (χ0) is 13.1. The topological polar surface area (TPSA) is 9.23 Å². The fraction of sp³-hybridized carbons (Fsp3) is 0.250. The summed E-state index contributed by atoms with van der Waals surface area (Å²) in [5.41, 5.74) is 4.21. The first-order valence-corrected chi connectivity index (χ1v) is 8.12. The number of benzene rings is 2. The van der Waals surface area contributed by atoms with Gasteiger partial charge >= 0.3 is 120 Å². The van der Waals surface area contributed by atoms with Crippen molar-refractivity contribution in [3.8, 4) is 5.75 Å². The molecule has 0 radical (unpaired) electrons. The van der Waals surface area contributed by atoms with Gasteiger partial charge in [-0.05, 0) is 0 Å². The van der Waals surface area contributed by atoms with Gasteiger partial charge in [-0.25, -0.2) is 0 Å². The van der Waals surface area contributed by atoms with Crippen molar-refractivity contribution in [2.75, 3.05) is 7.11 Å². The van der Waals surface area contributed by atoms with E-state index in [9.17, 15) is 0 Å². The molecule has 0 atom stereocenters. The minimum absolute atomic E-state index is 0.101. The SMILES string of the molecule is COc1ccc([I-]c2c(C)cc(C)cc2C)cc1. The van der Waals surface area contributed by atoms with Gasteiger partial charge in [0.05, 0.1) is 0 Å². The molecule has 2 aromatic rings. The van der Waals surface area contributed by atoms with E-state index in [-0.39, 0.29) is 21.2 Å². The van der Waals surface area contributed by atoms with Crippen molar-refractivity contribution in [3.05, 3.63) is 60.2 Å². The van der Waals surface area contributed by atoms with Gasteiger partial charge < -0.3 is 0 Å². The summed E-state index contributed by atoms with van der Waals surface area (Å²) in [6, 6.07) is 13.0. The van der Waals surface area contributed by atoms with Crippen LogP contribution in [-0.2, 0) is 0 Å². The molecule has 0 bridgehead atoms. The predicted octanol–water partition coefficient (Wildman–Crippen LogP) is 0.749. The molecule has 0 unspecified atom stereocenters. The molecule has 18 heavy (non-hydrogen) atoms. The normalized spacial score (nSPS) is 10.7. The van der Waals surface area contributed by atoms with Gasteiger partial charge in [0, 0.05) is 0 Å². The van der Waals surface area contributed by atoms with E-state index in [2.05, 4.69) is 45.0 Å². The molecule has 2 heteroatoms. The van der Waals surface area contributed by atoms with E-state index in [1.54, 1.807) is 10.7 Å². The molecule has 0 fully saturated rings. The standard InChI is InChI=1S/C16H18IO/c1-11-9-12(2)16(13(3)10-11)17-14-5-7-15(18-4)8-6-14/h5-10H,1-4H3/q-1. The van der Waals surface area contributed by atoms with Gasteiger partial charge in [-0.3, -0.25) is 0 Å². The third-order valence-electron chi connectivity index (χ3n) is 2.83. The molecule has 0 saturated heterocycles. The summed E-state index contributed by atoms with van der Waals surface area (Å²) >= 11 is -0.101. The maximum atomic E-state index is 5.19. The van der Waals surface area contributed by atoms with Crippen LogP contribution in [0.25, 0.3) is 0 Å². The summed E-state index contributed by atoms with van der Waals surface area (Å²) in [4.78, 5) is 0. The van der Waals surface area contributed by atoms with E-state index in [1.807, 2.05) is 12.1 Å². The average molecular weight is 353 g/mol. The molecule has 0 spiro atoms. The van der Waals surface area contributed by atoms with Crippen molar-refractivity contribution >= 4 is 0 Å². The predicted molar refractivity (Wildman–Crippen MR) is 71.0 cm³/mol. The van der Waals surface area contributed by atoms with E-state index in [0.717, 1.165) is 5.75 Å². The minimum atomic E-state index is -0.101. The first-order chi connectivity index (χ1) is 8.60. The van der Waals surface area contributed by atoms with E-state index < -0.39 is 0 Å². The molecule has 0 aliphatic carbocycles. The molecule has 0 heterocycles. The maximum absolute atomic E-state index is 5.19. The Morgan fingerprint density at radius 3 is 1.94 bits per heavy atom. The van der Waals surface area contributed by atoms with Gasteiger partial charge in [-0.1, -0.05) is 0 Å². The second-order valence-electron chi connectivity index (χ2n) is 4.47. The van der Waals surface area contributed by atoms with E-state index >= 15 is 0 Å². The van der Waals surface area contributed by atoms with Crippen molar-refractivity contribution < 1.29 is 25.9 Å². The Morgan fingerprint density at radius 2 is 1.44 bits per heavy atom. The molecule has 0 aliphatic rings. The number of ether oxygens (including phenoxy) is 1. The van der Waals surface area contributed by atoms with Crippen LogP contribution in [0.5, 0.6) is 5.75 Å². The summed E-state index contributed by atoms with van der Waals surface area (Å²) in [7, 11) is 1.71. The molecule has 0 aromatic heterocycles. The third-order valence-corrected chi connectivity index (χ3v) is 6.42. The van der Waals surface area contributed by atoms with Gasteiger partial charge in [-0.15, -0.1) is 0 Å². The second kappa shape index (κ2) is 5.74. The second-order valence-corrected chi connectivity index (χ2v) is 7.33. The summed E-state index contributed by atoms with van der Waals surface area (Å²) < 4.78 is 8.18. The third kappa shape index (κ3) is 3.05. The number of aryl methyl sites for hydroxylation is 3. The van der Waals surface area contributed by atoms with Crippen LogP contribution in [0.2, 0.25) is 0 Å². The molecule has 0 saturated carbocycles. The summed E-state index contributed by atoms with van der Waals surface area (Å²) in [6.45, 7) is 6.60. The Morgan fingerprint density at radius 1 is 0.889 bits per heavy atom. The Balaban J connectivity index is 2.28. The number of rotatable bonds is 3. The number of hydrogen-bond acceptors (Lipinski definition) is 1. The van der Waals surface area contributed by atoms with Crippen LogP contribution in [0.15, 0.2) is 36.4 Å². The van der Waals surface area contributed by atoms with Crippen molar-refractivity contribution in [3.63, 3.8) is 0 Å². The summed E-state index contributed by atoms with van der Waals surface area (Å²) in [6.07, 6.45) is 0. The quantitative estimate of drug-likeness (QED) is 0.740. The Labute approximate surface area is 119 Å². The molecule has 2 aromatic carbocycles. The van der Waals surface area contributed by atoms with Gasteiger partial charge in [0.15, 0.2) is 0 Å². The van der Waals surface area contributed by atoms with Crippen LogP contribution >= 0.6 is 0 Å². The van der Waals surface area contributed by atoms with Crippen molar-refractivity contribution in [1.82, 2.24) is 0 Å². The fourth-order valence-corrected chi connectivity index (χ4v) is 4.56.